The second-order valence-corrected chi connectivity index (χ2v) is 8.38. The average molecular weight is 418 g/mol. The molecule has 29 heavy (non-hydrogen) atoms. The molecule has 1 spiro atoms. The van der Waals surface area contributed by atoms with Gasteiger partial charge in [0.1, 0.15) is 35.9 Å². The van der Waals surface area contributed by atoms with E-state index in [4.69, 9.17) is 25.8 Å². The van der Waals surface area contributed by atoms with Gasteiger partial charge in [-0.3, -0.25) is 0 Å². The average Bonchev–Trinajstić information content (AvgIpc) is 2.86. The Morgan fingerprint density at radius 2 is 1.97 bits per heavy atom. The van der Waals surface area contributed by atoms with Gasteiger partial charge in [0.2, 0.25) is 0 Å². The maximum atomic E-state index is 10.4. The van der Waals surface area contributed by atoms with E-state index in [2.05, 4.69) is 11.8 Å². The molecular formula is C23H28ClNO4. The minimum Gasteiger partial charge on any atom is -0.491 e. The fourth-order valence-corrected chi connectivity index (χ4v) is 4.33. The highest BCUT2D eigenvalue weighted by atomic mass is 35.5. The van der Waals surface area contributed by atoms with Crippen LogP contribution < -0.4 is 9.47 Å². The number of likely N-dealkylation sites (tertiary alicyclic amines) is 1. The standard InChI is InChI=1S/C23H28ClNO4/c1-17-23(28-15-18-13-19(24)7-8-22(18)29-17)9-11-25(12-10-23)14-20(26)16-27-21-5-3-2-4-6-21/h2-8,13,17,20,26H,9-12,14-16H2,1H3. The highest BCUT2D eigenvalue weighted by Gasteiger charge is 2.44. The summed E-state index contributed by atoms with van der Waals surface area (Å²) in [6, 6.07) is 15.3. The van der Waals surface area contributed by atoms with Crippen LogP contribution in [0.25, 0.3) is 0 Å². The maximum Gasteiger partial charge on any atom is 0.125 e. The van der Waals surface area contributed by atoms with Gasteiger partial charge in [-0.1, -0.05) is 29.8 Å². The van der Waals surface area contributed by atoms with Gasteiger partial charge in [0, 0.05) is 30.2 Å². The summed E-state index contributed by atoms with van der Waals surface area (Å²) in [7, 11) is 0. The number of aliphatic hydroxyl groups excluding tert-OH is 1. The van der Waals surface area contributed by atoms with Crippen molar-refractivity contribution in [3.05, 3.63) is 59.1 Å². The molecule has 1 fully saturated rings. The molecule has 0 aliphatic carbocycles. The zero-order chi connectivity index (χ0) is 20.3. The predicted molar refractivity (Wildman–Crippen MR) is 113 cm³/mol. The second-order valence-electron chi connectivity index (χ2n) is 7.94. The zero-order valence-corrected chi connectivity index (χ0v) is 17.5. The van der Waals surface area contributed by atoms with E-state index in [0.717, 1.165) is 43.0 Å². The topological polar surface area (TPSA) is 51.2 Å². The van der Waals surface area contributed by atoms with E-state index in [-0.39, 0.29) is 18.3 Å². The minimum absolute atomic E-state index is 0.0431. The third kappa shape index (κ3) is 4.86. The molecule has 4 rings (SSSR count). The number of β-amino-alcohol motifs (C(OH)–C–C–N with tert-alkyl or cyclic N) is 1. The maximum absolute atomic E-state index is 10.4. The summed E-state index contributed by atoms with van der Waals surface area (Å²) in [6.07, 6.45) is 1.15. The molecule has 156 valence electrons. The lowest BCUT2D eigenvalue weighted by atomic mass is 9.86. The van der Waals surface area contributed by atoms with E-state index in [1.165, 1.54) is 0 Å². The number of benzene rings is 2. The number of halogens is 1. The van der Waals surface area contributed by atoms with Crippen molar-refractivity contribution < 1.29 is 19.3 Å². The van der Waals surface area contributed by atoms with Crippen LogP contribution in [0.1, 0.15) is 25.3 Å². The molecule has 2 atom stereocenters. The van der Waals surface area contributed by atoms with Gasteiger partial charge in [-0.15, -0.1) is 0 Å². The highest BCUT2D eigenvalue weighted by Crippen LogP contribution is 2.38. The molecular weight excluding hydrogens is 390 g/mol. The number of fused-ring (bicyclic) bond motifs is 1. The summed E-state index contributed by atoms with van der Waals surface area (Å²) in [5, 5.41) is 11.1. The van der Waals surface area contributed by atoms with Crippen molar-refractivity contribution in [2.75, 3.05) is 26.2 Å². The molecule has 0 saturated carbocycles. The number of piperidine rings is 1. The molecule has 2 aromatic rings. The van der Waals surface area contributed by atoms with E-state index in [9.17, 15) is 5.11 Å². The number of nitrogens with zero attached hydrogens (tertiary/aromatic N) is 1. The van der Waals surface area contributed by atoms with Gasteiger partial charge >= 0.3 is 0 Å². The molecule has 6 heteroatoms. The van der Waals surface area contributed by atoms with Gasteiger partial charge in [0.15, 0.2) is 0 Å². The first-order valence-corrected chi connectivity index (χ1v) is 10.6. The molecule has 0 radical (unpaired) electrons. The largest absolute Gasteiger partial charge is 0.491 e. The summed E-state index contributed by atoms with van der Waals surface area (Å²) in [6.45, 7) is 5.18. The molecule has 2 aromatic carbocycles. The molecule has 0 aromatic heterocycles. The lowest BCUT2D eigenvalue weighted by Gasteiger charge is -2.44. The van der Waals surface area contributed by atoms with E-state index in [1.807, 2.05) is 48.5 Å². The van der Waals surface area contributed by atoms with Gasteiger partial charge in [0.25, 0.3) is 0 Å². The van der Waals surface area contributed by atoms with E-state index < -0.39 is 6.10 Å². The van der Waals surface area contributed by atoms with Crippen molar-refractivity contribution >= 4 is 11.6 Å². The Bertz CT molecular complexity index is 808. The first-order valence-electron chi connectivity index (χ1n) is 10.2. The van der Waals surface area contributed by atoms with Crippen LogP contribution >= 0.6 is 11.6 Å². The smallest absolute Gasteiger partial charge is 0.125 e. The highest BCUT2D eigenvalue weighted by molar-refractivity contribution is 6.30. The van der Waals surface area contributed by atoms with E-state index in [1.54, 1.807) is 0 Å². The lowest BCUT2D eigenvalue weighted by Crippen LogP contribution is -2.54. The minimum atomic E-state index is -0.528. The van der Waals surface area contributed by atoms with Crippen molar-refractivity contribution in [1.29, 1.82) is 0 Å². The summed E-state index contributed by atoms with van der Waals surface area (Å²) in [5.74, 6) is 1.64. The van der Waals surface area contributed by atoms with E-state index >= 15 is 0 Å². The summed E-state index contributed by atoms with van der Waals surface area (Å²) in [4.78, 5) is 2.27. The van der Waals surface area contributed by atoms with Gasteiger partial charge in [-0.2, -0.15) is 0 Å². The Kier molecular flexibility index (Phi) is 6.30. The first kappa shape index (κ1) is 20.5. The number of rotatable bonds is 5. The fourth-order valence-electron chi connectivity index (χ4n) is 4.14. The van der Waals surface area contributed by atoms with Crippen LogP contribution in [0.3, 0.4) is 0 Å². The van der Waals surface area contributed by atoms with E-state index in [0.29, 0.717) is 18.2 Å². The number of hydrogen-bond donors (Lipinski definition) is 1. The molecule has 0 amide bonds. The summed E-state index contributed by atoms with van der Waals surface area (Å²) in [5.41, 5.74) is 0.685. The Morgan fingerprint density at radius 3 is 2.72 bits per heavy atom. The van der Waals surface area contributed by atoms with Gasteiger partial charge in [0.05, 0.1) is 6.61 Å². The van der Waals surface area contributed by atoms with Gasteiger partial charge in [-0.05, 0) is 50.1 Å². The Labute approximate surface area is 177 Å². The fraction of sp³-hybridized carbons (Fsp3) is 0.478. The summed E-state index contributed by atoms with van der Waals surface area (Å²) < 4.78 is 18.3. The van der Waals surface area contributed by atoms with Crippen LogP contribution in [-0.4, -0.2) is 54.1 Å². The Morgan fingerprint density at radius 1 is 1.21 bits per heavy atom. The quantitative estimate of drug-likeness (QED) is 0.799. The molecule has 2 unspecified atom stereocenters. The second kappa shape index (κ2) is 8.92. The molecule has 0 bridgehead atoms. The number of hydrogen-bond acceptors (Lipinski definition) is 5. The third-order valence-electron chi connectivity index (χ3n) is 5.94. The monoisotopic (exact) mass is 417 g/mol. The zero-order valence-electron chi connectivity index (χ0n) is 16.7. The Hall–Kier alpha value is -1.79. The number of ether oxygens (including phenoxy) is 3. The van der Waals surface area contributed by atoms with Gasteiger partial charge in [-0.25, -0.2) is 0 Å². The normalized spacial score (nSPS) is 22.4. The predicted octanol–water partition coefficient (Wildman–Crippen LogP) is 3.91. The third-order valence-corrected chi connectivity index (χ3v) is 6.17. The van der Waals surface area contributed by atoms with Crippen LogP contribution in [-0.2, 0) is 11.3 Å². The van der Waals surface area contributed by atoms with Crippen LogP contribution in [0, 0.1) is 0 Å². The van der Waals surface area contributed by atoms with Crippen LogP contribution in [0.4, 0.5) is 0 Å². The van der Waals surface area contributed by atoms with Crippen LogP contribution in [0.5, 0.6) is 11.5 Å². The van der Waals surface area contributed by atoms with Crippen molar-refractivity contribution in [2.45, 2.75) is 44.2 Å². The summed E-state index contributed by atoms with van der Waals surface area (Å²) >= 11 is 6.12. The van der Waals surface area contributed by atoms with Crippen LogP contribution in [0.15, 0.2) is 48.5 Å². The van der Waals surface area contributed by atoms with Gasteiger partial charge < -0.3 is 24.2 Å². The van der Waals surface area contributed by atoms with Crippen LogP contribution in [0.2, 0.25) is 5.02 Å². The molecule has 1 N–H and O–H groups in total. The number of para-hydroxylation sites is 1. The Balaban J connectivity index is 1.29. The molecule has 2 heterocycles. The van der Waals surface area contributed by atoms with Crippen molar-refractivity contribution in [3.63, 3.8) is 0 Å². The van der Waals surface area contributed by atoms with Crippen molar-refractivity contribution in [1.82, 2.24) is 4.90 Å². The molecule has 1 saturated heterocycles. The molecule has 2 aliphatic rings. The lowest BCUT2D eigenvalue weighted by molar-refractivity contribution is -0.138. The SMILES string of the molecule is CC1Oc2ccc(Cl)cc2COC12CCN(CC(O)COc1ccccc1)CC2. The molecule has 2 aliphatic heterocycles. The van der Waals surface area contributed by atoms with Crippen molar-refractivity contribution in [2.24, 2.45) is 0 Å². The molecule has 5 nitrogen and oxygen atoms in total. The first-order chi connectivity index (χ1) is 14.0. The van der Waals surface area contributed by atoms with Crippen molar-refractivity contribution in [3.8, 4) is 11.5 Å². The number of aliphatic hydroxyl groups is 1.